The Morgan fingerprint density at radius 1 is 1.92 bits per heavy atom. The lowest BCUT2D eigenvalue weighted by atomic mass is 10.6. The zero-order chi connectivity index (χ0) is 9.40. The molecule has 0 fully saturated rings. The smallest absolute Gasteiger partial charge is 0.374 e. The van der Waals surface area contributed by atoms with Gasteiger partial charge in [0.1, 0.15) is 6.26 Å². The van der Waals surface area contributed by atoms with Crippen molar-refractivity contribution in [2.24, 2.45) is 5.73 Å². The molecule has 0 spiro atoms. The maximum absolute atomic E-state index is 9.93. The first kappa shape index (κ1) is 10.7. The highest BCUT2D eigenvalue weighted by atomic mass is 16.7. The summed E-state index contributed by atoms with van der Waals surface area (Å²) in [6.45, 7) is 0.335. The number of aliphatic carboxylic acids is 1. The molecule has 0 bridgehead atoms. The zero-order valence-electron chi connectivity index (χ0n) is 6.65. The molecule has 0 atom stereocenters. The summed E-state index contributed by atoms with van der Waals surface area (Å²) >= 11 is 0. The number of methoxy groups -OCH3 is 1. The van der Waals surface area contributed by atoms with Crippen LogP contribution in [0.25, 0.3) is 0 Å². The minimum absolute atomic E-state index is 0.0155. The third kappa shape index (κ3) is 4.53. The van der Waals surface area contributed by atoms with Crippen LogP contribution in [0.1, 0.15) is 0 Å². The molecule has 1 aliphatic heterocycles. The average Bonchev–Trinajstić information content (AvgIpc) is 2.57. The van der Waals surface area contributed by atoms with Crippen molar-refractivity contribution in [3.63, 3.8) is 0 Å². The molecule has 70 valence electrons. The first-order valence-electron chi connectivity index (χ1n) is 3.09. The minimum atomic E-state index is -1.09. The summed E-state index contributed by atoms with van der Waals surface area (Å²) in [7, 11) is 1.56. The second-order valence-electron chi connectivity index (χ2n) is 1.67. The SMILES string of the molecule is COCN.O=C(O)C1=COCO1. The molecular weight excluding hydrogens is 166 g/mol. The number of rotatable bonds is 2. The van der Waals surface area contributed by atoms with E-state index < -0.39 is 5.97 Å². The summed E-state index contributed by atoms with van der Waals surface area (Å²) in [5.74, 6) is -1.23. The van der Waals surface area contributed by atoms with E-state index in [1.54, 1.807) is 7.11 Å². The molecule has 0 saturated carbocycles. The van der Waals surface area contributed by atoms with Crippen LogP contribution in [-0.4, -0.2) is 31.7 Å². The number of hydrogen-bond donors (Lipinski definition) is 2. The summed E-state index contributed by atoms with van der Waals surface area (Å²) < 4.78 is 13.2. The van der Waals surface area contributed by atoms with Gasteiger partial charge in [-0.2, -0.15) is 0 Å². The van der Waals surface area contributed by atoms with Gasteiger partial charge in [0.05, 0.1) is 6.73 Å². The van der Waals surface area contributed by atoms with Crippen molar-refractivity contribution in [3.05, 3.63) is 12.0 Å². The molecule has 0 amide bonds. The van der Waals surface area contributed by atoms with Crippen molar-refractivity contribution in [2.45, 2.75) is 0 Å². The van der Waals surface area contributed by atoms with Crippen LogP contribution in [0, 0.1) is 0 Å². The van der Waals surface area contributed by atoms with Crippen molar-refractivity contribution >= 4 is 5.97 Å². The predicted molar refractivity (Wildman–Crippen MR) is 38.8 cm³/mol. The Kier molecular flexibility index (Phi) is 5.76. The van der Waals surface area contributed by atoms with E-state index in [4.69, 9.17) is 10.8 Å². The Morgan fingerprint density at radius 3 is 2.67 bits per heavy atom. The fourth-order valence-corrected chi connectivity index (χ4v) is 0.353. The summed E-state index contributed by atoms with van der Waals surface area (Å²) in [6.07, 6.45) is 1.07. The summed E-state index contributed by atoms with van der Waals surface area (Å²) in [5.41, 5.74) is 4.81. The molecule has 0 aliphatic carbocycles. The van der Waals surface area contributed by atoms with Gasteiger partial charge in [0.2, 0.25) is 12.6 Å². The van der Waals surface area contributed by atoms with Gasteiger partial charge in [0, 0.05) is 7.11 Å². The van der Waals surface area contributed by atoms with Crippen LogP contribution in [0.5, 0.6) is 0 Å². The highest BCUT2D eigenvalue weighted by Gasteiger charge is 2.13. The number of ether oxygens (including phenoxy) is 3. The van der Waals surface area contributed by atoms with Crippen LogP contribution in [0.15, 0.2) is 12.0 Å². The quantitative estimate of drug-likeness (QED) is 0.551. The van der Waals surface area contributed by atoms with E-state index in [2.05, 4.69) is 14.2 Å². The van der Waals surface area contributed by atoms with Gasteiger partial charge in [0.15, 0.2) is 0 Å². The van der Waals surface area contributed by atoms with E-state index >= 15 is 0 Å². The fraction of sp³-hybridized carbons (Fsp3) is 0.500. The first-order chi connectivity index (χ1) is 5.72. The molecular formula is C6H11NO5. The van der Waals surface area contributed by atoms with Gasteiger partial charge in [-0.3, -0.25) is 0 Å². The normalized spacial score (nSPS) is 13.3. The highest BCUT2D eigenvalue weighted by molar-refractivity contribution is 5.84. The lowest BCUT2D eigenvalue weighted by Crippen LogP contribution is -1.99. The van der Waals surface area contributed by atoms with E-state index in [0.717, 1.165) is 6.26 Å². The van der Waals surface area contributed by atoms with Crippen molar-refractivity contribution in [1.82, 2.24) is 0 Å². The molecule has 3 N–H and O–H groups in total. The number of carboxylic acids is 1. The van der Waals surface area contributed by atoms with Gasteiger partial charge in [-0.05, 0) is 0 Å². The van der Waals surface area contributed by atoms with Gasteiger partial charge in [-0.25, -0.2) is 4.79 Å². The largest absolute Gasteiger partial charge is 0.475 e. The topological polar surface area (TPSA) is 91.0 Å². The van der Waals surface area contributed by atoms with E-state index in [1.807, 2.05) is 0 Å². The number of carboxylic acid groups (broad SMARTS) is 1. The third-order valence-corrected chi connectivity index (χ3v) is 0.850. The Labute approximate surface area is 69.5 Å². The second kappa shape index (κ2) is 6.44. The van der Waals surface area contributed by atoms with E-state index in [-0.39, 0.29) is 12.6 Å². The molecule has 0 aromatic carbocycles. The monoisotopic (exact) mass is 177 g/mol. The minimum Gasteiger partial charge on any atom is -0.475 e. The molecule has 1 heterocycles. The molecule has 6 heteroatoms. The predicted octanol–water partition coefficient (Wildman–Crippen LogP) is -0.534. The van der Waals surface area contributed by atoms with Gasteiger partial charge in [-0.1, -0.05) is 0 Å². The molecule has 1 aliphatic rings. The van der Waals surface area contributed by atoms with Crippen LogP contribution in [0.3, 0.4) is 0 Å². The molecule has 0 radical (unpaired) electrons. The van der Waals surface area contributed by atoms with Crippen molar-refractivity contribution in [3.8, 4) is 0 Å². The second-order valence-corrected chi connectivity index (χ2v) is 1.67. The van der Waals surface area contributed by atoms with Crippen molar-refractivity contribution in [2.75, 3.05) is 20.6 Å². The van der Waals surface area contributed by atoms with E-state index in [0.29, 0.717) is 6.73 Å². The standard InChI is InChI=1S/C4H4O4.C2H7NO/c5-4(6)3-1-7-2-8-3;1-4-2-3/h1H,2H2,(H,5,6);2-3H2,1H3. The maximum Gasteiger partial charge on any atom is 0.374 e. The van der Waals surface area contributed by atoms with Crippen LogP contribution < -0.4 is 5.73 Å². The fourth-order valence-electron chi connectivity index (χ4n) is 0.353. The van der Waals surface area contributed by atoms with Gasteiger partial charge < -0.3 is 25.1 Å². The van der Waals surface area contributed by atoms with Crippen LogP contribution in [-0.2, 0) is 19.0 Å². The number of nitrogens with two attached hydrogens (primary N) is 1. The number of hydrogen-bond acceptors (Lipinski definition) is 5. The average molecular weight is 177 g/mol. The molecule has 6 nitrogen and oxygen atoms in total. The first-order valence-corrected chi connectivity index (χ1v) is 3.09. The Hall–Kier alpha value is -1.27. The third-order valence-electron chi connectivity index (χ3n) is 0.850. The Bertz CT molecular complexity index is 165. The molecule has 0 aromatic rings. The van der Waals surface area contributed by atoms with Crippen molar-refractivity contribution in [1.29, 1.82) is 0 Å². The van der Waals surface area contributed by atoms with Gasteiger partial charge in [-0.15, -0.1) is 0 Å². The summed E-state index contributed by atoms with van der Waals surface area (Å²) in [5, 5.41) is 8.14. The zero-order valence-corrected chi connectivity index (χ0v) is 6.65. The lowest BCUT2D eigenvalue weighted by Gasteiger charge is -1.89. The molecule has 0 unspecified atom stereocenters. The molecule has 0 aromatic heterocycles. The number of carbonyl (C=O) groups is 1. The molecule has 1 rings (SSSR count). The van der Waals surface area contributed by atoms with Gasteiger partial charge in [0.25, 0.3) is 0 Å². The van der Waals surface area contributed by atoms with Crippen LogP contribution >= 0.6 is 0 Å². The molecule has 12 heavy (non-hydrogen) atoms. The Balaban J connectivity index is 0.000000261. The highest BCUT2D eigenvalue weighted by Crippen LogP contribution is 2.04. The van der Waals surface area contributed by atoms with Crippen molar-refractivity contribution < 1.29 is 24.1 Å². The molecule has 0 saturated heterocycles. The van der Waals surface area contributed by atoms with Gasteiger partial charge >= 0.3 is 5.97 Å². The van der Waals surface area contributed by atoms with Crippen LogP contribution in [0.2, 0.25) is 0 Å². The van der Waals surface area contributed by atoms with E-state index in [1.165, 1.54) is 0 Å². The van der Waals surface area contributed by atoms with E-state index in [9.17, 15) is 4.79 Å². The summed E-state index contributed by atoms with van der Waals surface area (Å²) in [4.78, 5) is 9.93. The van der Waals surface area contributed by atoms with Crippen LogP contribution in [0.4, 0.5) is 0 Å². The summed E-state index contributed by atoms with van der Waals surface area (Å²) in [6, 6.07) is 0. The maximum atomic E-state index is 9.93. The lowest BCUT2D eigenvalue weighted by molar-refractivity contribution is -0.136. The Morgan fingerprint density at radius 2 is 2.50 bits per heavy atom.